The second-order valence-electron chi connectivity index (χ2n) is 6.26. The van der Waals surface area contributed by atoms with Crippen molar-refractivity contribution in [3.05, 3.63) is 47.8 Å². The first kappa shape index (κ1) is 16.5. The van der Waals surface area contributed by atoms with Crippen LogP contribution in [0.15, 0.2) is 36.7 Å². The Morgan fingerprint density at radius 2 is 2.12 bits per heavy atom. The Morgan fingerprint density at radius 3 is 2.88 bits per heavy atom. The van der Waals surface area contributed by atoms with E-state index in [0.717, 1.165) is 26.1 Å². The number of aryl methyl sites for hydroxylation is 1. The lowest BCUT2D eigenvalue weighted by molar-refractivity contribution is 0.186. The van der Waals surface area contributed by atoms with E-state index in [1.165, 1.54) is 11.1 Å². The molecule has 6 heteroatoms. The molecular weight excluding hydrogens is 302 g/mol. The van der Waals surface area contributed by atoms with E-state index in [1.54, 1.807) is 10.9 Å². The van der Waals surface area contributed by atoms with Crippen LogP contribution in [0.2, 0.25) is 0 Å². The fourth-order valence-corrected chi connectivity index (χ4v) is 3.04. The van der Waals surface area contributed by atoms with Gasteiger partial charge in [-0.25, -0.2) is 4.79 Å². The van der Waals surface area contributed by atoms with Crippen molar-refractivity contribution in [2.45, 2.75) is 39.4 Å². The highest BCUT2D eigenvalue weighted by Crippen LogP contribution is 2.19. The highest BCUT2D eigenvalue weighted by atomic mass is 16.2. The molecule has 128 valence electrons. The van der Waals surface area contributed by atoms with Crippen LogP contribution >= 0.6 is 0 Å². The highest BCUT2D eigenvalue weighted by molar-refractivity contribution is 5.88. The van der Waals surface area contributed by atoms with E-state index >= 15 is 0 Å². The van der Waals surface area contributed by atoms with Crippen LogP contribution in [0.3, 0.4) is 0 Å². The molecule has 1 aliphatic heterocycles. The summed E-state index contributed by atoms with van der Waals surface area (Å²) in [6, 6.07) is 8.70. The topological polar surface area (TPSA) is 62.2 Å². The fourth-order valence-electron chi connectivity index (χ4n) is 3.04. The Hall–Kier alpha value is -2.34. The third kappa shape index (κ3) is 3.94. The molecule has 0 radical (unpaired) electrons. The maximum Gasteiger partial charge on any atom is 0.319 e. The molecular formula is C18H25N5O. The van der Waals surface area contributed by atoms with E-state index in [1.807, 2.05) is 13.1 Å². The van der Waals surface area contributed by atoms with Gasteiger partial charge in [0.2, 0.25) is 0 Å². The van der Waals surface area contributed by atoms with Gasteiger partial charge < -0.3 is 10.6 Å². The largest absolute Gasteiger partial charge is 0.336 e. The quantitative estimate of drug-likeness (QED) is 0.887. The van der Waals surface area contributed by atoms with Gasteiger partial charge in [-0.1, -0.05) is 24.3 Å². The number of aromatic nitrogens is 2. The van der Waals surface area contributed by atoms with E-state index in [0.29, 0.717) is 18.3 Å². The zero-order valence-electron chi connectivity index (χ0n) is 14.3. The first-order valence-electron chi connectivity index (χ1n) is 8.54. The second-order valence-corrected chi connectivity index (χ2v) is 6.26. The molecule has 0 saturated carbocycles. The normalized spacial score (nSPS) is 15.6. The number of carbonyl (C=O) groups excluding carboxylic acids is 1. The van der Waals surface area contributed by atoms with Gasteiger partial charge >= 0.3 is 6.03 Å². The third-order valence-corrected chi connectivity index (χ3v) is 4.56. The molecule has 2 aromatic rings. The predicted molar refractivity (Wildman–Crippen MR) is 94.9 cm³/mol. The summed E-state index contributed by atoms with van der Waals surface area (Å²) >= 11 is 0. The zero-order valence-corrected chi connectivity index (χ0v) is 14.3. The van der Waals surface area contributed by atoms with Gasteiger partial charge in [0, 0.05) is 38.4 Å². The number of urea groups is 1. The van der Waals surface area contributed by atoms with Crippen LogP contribution in [0.25, 0.3) is 0 Å². The summed E-state index contributed by atoms with van der Waals surface area (Å²) in [5, 5.41) is 9.91. The van der Waals surface area contributed by atoms with Crippen LogP contribution in [0.5, 0.6) is 0 Å². The molecule has 1 aromatic heterocycles. The minimum Gasteiger partial charge on any atom is -0.336 e. The van der Waals surface area contributed by atoms with Crippen molar-refractivity contribution in [1.29, 1.82) is 0 Å². The molecule has 0 unspecified atom stereocenters. The number of nitrogens with one attached hydrogen (secondary N) is 2. The van der Waals surface area contributed by atoms with Gasteiger partial charge in [0.25, 0.3) is 0 Å². The summed E-state index contributed by atoms with van der Waals surface area (Å²) in [6.07, 6.45) is 4.56. The zero-order chi connectivity index (χ0) is 16.9. The first-order chi connectivity index (χ1) is 11.7. The number of hydrogen-bond donors (Lipinski definition) is 2. The molecule has 3 rings (SSSR count). The van der Waals surface area contributed by atoms with Crippen LogP contribution < -0.4 is 10.6 Å². The van der Waals surface area contributed by atoms with Crippen molar-refractivity contribution >= 4 is 11.7 Å². The van der Waals surface area contributed by atoms with E-state index in [-0.39, 0.29) is 6.03 Å². The molecule has 0 spiro atoms. The molecule has 1 aromatic carbocycles. The Bertz CT molecular complexity index is 696. The molecule has 0 saturated heterocycles. The standard InChI is InChI=1S/C18H25N5O/c1-3-23-13-17(11-20-23)21-18(24)19-10-14(2)22-9-8-15-6-4-5-7-16(15)12-22/h4-7,11,13-14H,3,8-10,12H2,1-2H3,(H2,19,21,24)/t14-/m0/s1. The number of fused-ring (bicyclic) bond motifs is 1. The van der Waals surface area contributed by atoms with Crippen LogP contribution in [0.4, 0.5) is 10.5 Å². The van der Waals surface area contributed by atoms with Gasteiger partial charge in [0.05, 0.1) is 11.9 Å². The van der Waals surface area contributed by atoms with E-state index in [2.05, 4.69) is 51.8 Å². The van der Waals surface area contributed by atoms with Crippen molar-refractivity contribution in [2.24, 2.45) is 0 Å². The maximum atomic E-state index is 12.0. The summed E-state index contributed by atoms with van der Waals surface area (Å²) in [6.45, 7) is 7.56. The Morgan fingerprint density at radius 1 is 1.33 bits per heavy atom. The summed E-state index contributed by atoms with van der Waals surface area (Å²) < 4.78 is 1.78. The molecule has 0 fully saturated rings. The molecule has 0 aliphatic carbocycles. The lowest BCUT2D eigenvalue weighted by Gasteiger charge is -2.33. The van der Waals surface area contributed by atoms with Crippen molar-refractivity contribution in [2.75, 3.05) is 18.4 Å². The Balaban J connectivity index is 1.47. The lowest BCUT2D eigenvalue weighted by Crippen LogP contribution is -2.45. The number of anilines is 1. The summed E-state index contributed by atoms with van der Waals surface area (Å²) in [5.74, 6) is 0. The van der Waals surface area contributed by atoms with Crippen LogP contribution in [0, 0.1) is 0 Å². The average Bonchev–Trinajstić information content (AvgIpc) is 3.06. The number of carbonyl (C=O) groups is 1. The summed E-state index contributed by atoms with van der Waals surface area (Å²) in [5.41, 5.74) is 3.56. The molecule has 2 N–H and O–H groups in total. The monoisotopic (exact) mass is 327 g/mol. The lowest BCUT2D eigenvalue weighted by atomic mass is 9.99. The Kier molecular flexibility index (Phi) is 5.15. The van der Waals surface area contributed by atoms with E-state index < -0.39 is 0 Å². The van der Waals surface area contributed by atoms with Gasteiger partial charge in [0.1, 0.15) is 0 Å². The number of nitrogens with zero attached hydrogens (tertiary/aromatic N) is 3. The highest BCUT2D eigenvalue weighted by Gasteiger charge is 2.20. The van der Waals surface area contributed by atoms with Crippen molar-refractivity contribution in [1.82, 2.24) is 20.0 Å². The average molecular weight is 327 g/mol. The summed E-state index contributed by atoms with van der Waals surface area (Å²) in [4.78, 5) is 14.4. The molecule has 1 aliphatic rings. The summed E-state index contributed by atoms with van der Waals surface area (Å²) in [7, 11) is 0. The molecule has 6 nitrogen and oxygen atoms in total. The van der Waals surface area contributed by atoms with Gasteiger partial charge in [-0.05, 0) is 31.4 Å². The predicted octanol–water partition coefficient (Wildman–Crippen LogP) is 2.47. The van der Waals surface area contributed by atoms with E-state index in [9.17, 15) is 4.79 Å². The van der Waals surface area contributed by atoms with Gasteiger partial charge in [-0.2, -0.15) is 5.10 Å². The van der Waals surface area contributed by atoms with Crippen molar-refractivity contribution in [3.63, 3.8) is 0 Å². The van der Waals surface area contributed by atoms with Gasteiger partial charge in [-0.15, -0.1) is 0 Å². The Labute approximate surface area is 142 Å². The van der Waals surface area contributed by atoms with Crippen molar-refractivity contribution < 1.29 is 4.79 Å². The molecule has 2 amide bonds. The minimum atomic E-state index is -0.185. The minimum absolute atomic E-state index is 0.185. The molecule has 1 atom stereocenters. The van der Waals surface area contributed by atoms with Crippen LogP contribution in [-0.4, -0.2) is 39.8 Å². The SMILES string of the molecule is CCn1cc(NC(=O)NC[C@H](C)N2CCc3ccccc3C2)cn1. The molecule has 0 bridgehead atoms. The van der Waals surface area contributed by atoms with Crippen LogP contribution in [-0.2, 0) is 19.5 Å². The number of amides is 2. The fraction of sp³-hybridized carbons (Fsp3) is 0.444. The smallest absolute Gasteiger partial charge is 0.319 e. The third-order valence-electron chi connectivity index (χ3n) is 4.56. The second kappa shape index (κ2) is 7.49. The molecule has 2 heterocycles. The van der Waals surface area contributed by atoms with Crippen LogP contribution in [0.1, 0.15) is 25.0 Å². The van der Waals surface area contributed by atoms with E-state index in [4.69, 9.17) is 0 Å². The first-order valence-corrected chi connectivity index (χ1v) is 8.54. The van der Waals surface area contributed by atoms with Gasteiger partial charge in [0.15, 0.2) is 0 Å². The van der Waals surface area contributed by atoms with Gasteiger partial charge in [-0.3, -0.25) is 9.58 Å². The van der Waals surface area contributed by atoms with Crippen molar-refractivity contribution in [3.8, 4) is 0 Å². The number of hydrogen-bond acceptors (Lipinski definition) is 3. The number of benzene rings is 1. The number of rotatable bonds is 5. The maximum absolute atomic E-state index is 12.0. The molecule has 24 heavy (non-hydrogen) atoms.